The second-order valence-electron chi connectivity index (χ2n) is 4.50. The Morgan fingerprint density at radius 3 is 2.72 bits per heavy atom. The van der Waals surface area contributed by atoms with Gasteiger partial charge in [-0.25, -0.2) is 0 Å². The lowest BCUT2D eigenvalue weighted by Gasteiger charge is -2.15. The van der Waals surface area contributed by atoms with Gasteiger partial charge in [0.25, 0.3) is 0 Å². The Hall–Kier alpha value is -1.04. The van der Waals surface area contributed by atoms with E-state index >= 15 is 0 Å². The molecule has 5 nitrogen and oxygen atoms in total. The van der Waals surface area contributed by atoms with Crippen molar-refractivity contribution in [2.75, 3.05) is 12.3 Å². The van der Waals surface area contributed by atoms with Crippen molar-refractivity contribution >= 4 is 29.5 Å². The summed E-state index contributed by atoms with van der Waals surface area (Å²) in [5.41, 5.74) is 0. The first-order valence-corrected chi connectivity index (χ1v) is 7.25. The van der Waals surface area contributed by atoms with Crippen LogP contribution < -0.4 is 5.32 Å². The molecule has 1 fully saturated rings. The van der Waals surface area contributed by atoms with Crippen LogP contribution in [0.2, 0.25) is 0 Å². The summed E-state index contributed by atoms with van der Waals surface area (Å²) in [5.74, 6) is 0.371. The molecular formula is C12H20N2O3S. The van der Waals surface area contributed by atoms with Crippen LogP contribution >= 0.6 is 11.8 Å². The van der Waals surface area contributed by atoms with Crippen LogP contribution in [0.1, 0.15) is 33.6 Å². The zero-order valence-corrected chi connectivity index (χ0v) is 11.9. The lowest BCUT2D eigenvalue weighted by molar-refractivity contribution is -0.138. The second kappa shape index (κ2) is 6.78. The molecule has 1 heterocycles. The Morgan fingerprint density at radius 1 is 1.50 bits per heavy atom. The first kappa shape index (κ1) is 15.0. The first-order valence-electron chi connectivity index (χ1n) is 6.20. The molecule has 3 amide bonds. The number of likely N-dealkylation sites (tertiary alicyclic amines) is 1. The smallest absolute Gasteiger partial charge is 0.242 e. The van der Waals surface area contributed by atoms with Crippen LogP contribution in [0.3, 0.4) is 0 Å². The summed E-state index contributed by atoms with van der Waals surface area (Å²) in [5, 5.41) is 2.49. The third kappa shape index (κ3) is 4.01. The normalized spacial score (nSPS) is 19.8. The van der Waals surface area contributed by atoms with E-state index in [0.717, 1.165) is 5.75 Å². The number of hydrogen-bond donors (Lipinski definition) is 1. The molecule has 0 bridgehead atoms. The number of hydrogen-bond acceptors (Lipinski definition) is 4. The fourth-order valence-electron chi connectivity index (χ4n) is 1.83. The van der Waals surface area contributed by atoms with E-state index in [4.69, 9.17) is 0 Å². The van der Waals surface area contributed by atoms with Crippen molar-refractivity contribution in [3.05, 3.63) is 0 Å². The highest BCUT2D eigenvalue weighted by Gasteiger charge is 2.38. The molecule has 0 radical (unpaired) electrons. The highest BCUT2D eigenvalue weighted by Crippen LogP contribution is 2.24. The Labute approximate surface area is 112 Å². The third-order valence-electron chi connectivity index (χ3n) is 2.58. The van der Waals surface area contributed by atoms with E-state index in [9.17, 15) is 14.4 Å². The number of thioether (sulfide) groups is 1. The molecule has 0 aromatic carbocycles. The molecule has 6 heteroatoms. The van der Waals surface area contributed by atoms with E-state index in [1.807, 2.05) is 20.8 Å². The third-order valence-corrected chi connectivity index (χ3v) is 3.69. The fraction of sp³-hybridized carbons (Fsp3) is 0.750. The first-order chi connectivity index (χ1) is 8.45. The maximum atomic E-state index is 11.9. The molecule has 0 spiro atoms. The van der Waals surface area contributed by atoms with E-state index in [-0.39, 0.29) is 48.4 Å². The molecule has 1 aliphatic heterocycles. The Balaban J connectivity index is 2.45. The average Bonchev–Trinajstić information content (AvgIpc) is 2.52. The van der Waals surface area contributed by atoms with E-state index < -0.39 is 0 Å². The summed E-state index contributed by atoms with van der Waals surface area (Å²) in [6, 6.07) is 0.0749. The minimum atomic E-state index is -0.254. The van der Waals surface area contributed by atoms with Gasteiger partial charge in [-0.1, -0.05) is 6.92 Å². The minimum absolute atomic E-state index is 0.0749. The predicted octanol–water partition coefficient (Wildman–Crippen LogP) is 0.782. The topological polar surface area (TPSA) is 66.5 Å². The van der Waals surface area contributed by atoms with Gasteiger partial charge < -0.3 is 5.32 Å². The number of carbonyl (C=O) groups is 3. The van der Waals surface area contributed by atoms with Crippen LogP contribution in [0.4, 0.5) is 0 Å². The predicted molar refractivity (Wildman–Crippen MR) is 71.2 cm³/mol. The molecule has 0 saturated carbocycles. The lowest BCUT2D eigenvalue weighted by atomic mass is 10.3. The lowest BCUT2D eigenvalue weighted by Crippen LogP contribution is -2.37. The van der Waals surface area contributed by atoms with Crippen molar-refractivity contribution < 1.29 is 14.4 Å². The maximum absolute atomic E-state index is 11.9. The van der Waals surface area contributed by atoms with Gasteiger partial charge in [0.05, 0.1) is 5.25 Å². The molecule has 1 aliphatic rings. The van der Waals surface area contributed by atoms with Crippen molar-refractivity contribution in [1.29, 1.82) is 0 Å². The number of nitrogens with zero attached hydrogens (tertiary/aromatic N) is 1. The molecule has 1 unspecified atom stereocenters. The van der Waals surface area contributed by atoms with Gasteiger partial charge in [0.1, 0.15) is 0 Å². The van der Waals surface area contributed by atoms with Gasteiger partial charge in [0, 0.05) is 25.4 Å². The highest BCUT2D eigenvalue weighted by molar-refractivity contribution is 8.00. The SMILES string of the molecule is CCSC1CC(=O)N(CCC(=O)NC(C)C)C1=O. The molecule has 1 rings (SSSR count). The molecule has 0 aromatic rings. The molecule has 0 aromatic heterocycles. The number of amides is 3. The van der Waals surface area contributed by atoms with Gasteiger partial charge in [-0.15, -0.1) is 11.8 Å². The minimum Gasteiger partial charge on any atom is -0.354 e. The van der Waals surface area contributed by atoms with Crippen LogP contribution in [0.5, 0.6) is 0 Å². The summed E-state index contributed by atoms with van der Waals surface area (Å²) in [7, 11) is 0. The van der Waals surface area contributed by atoms with E-state index in [1.54, 1.807) is 0 Å². The molecule has 1 N–H and O–H groups in total. The number of imide groups is 1. The van der Waals surface area contributed by atoms with Crippen molar-refractivity contribution in [3.63, 3.8) is 0 Å². The summed E-state index contributed by atoms with van der Waals surface area (Å²) < 4.78 is 0. The Bertz CT molecular complexity index is 344. The Kier molecular flexibility index (Phi) is 5.65. The Morgan fingerprint density at radius 2 is 2.17 bits per heavy atom. The van der Waals surface area contributed by atoms with Crippen LogP contribution in [-0.4, -0.2) is 46.2 Å². The summed E-state index contributed by atoms with van der Waals surface area (Å²) in [4.78, 5) is 36.2. The summed E-state index contributed by atoms with van der Waals surface area (Å²) in [6.45, 7) is 5.90. The van der Waals surface area contributed by atoms with Crippen molar-refractivity contribution in [1.82, 2.24) is 10.2 Å². The van der Waals surface area contributed by atoms with E-state index in [1.165, 1.54) is 16.7 Å². The van der Waals surface area contributed by atoms with Crippen LogP contribution in [0, 0.1) is 0 Å². The van der Waals surface area contributed by atoms with Gasteiger partial charge in [-0.05, 0) is 19.6 Å². The van der Waals surface area contributed by atoms with Gasteiger partial charge in [0.15, 0.2) is 0 Å². The number of rotatable bonds is 6. The zero-order valence-electron chi connectivity index (χ0n) is 11.1. The monoisotopic (exact) mass is 272 g/mol. The van der Waals surface area contributed by atoms with E-state index in [0.29, 0.717) is 0 Å². The van der Waals surface area contributed by atoms with Crippen LogP contribution in [0.15, 0.2) is 0 Å². The molecule has 102 valence electrons. The van der Waals surface area contributed by atoms with Crippen molar-refractivity contribution in [2.24, 2.45) is 0 Å². The average molecular weight is 272 g/mol. The van der Waals surface area contributed by atoms with Gasteiger partial charge in [-0.2, -0.15) is 0 Å². The quantitative estimate of drug-likeness (QED) is 0.726. The summed E-state index contributed by atoms with van der Waals surface area (Å²) in [6.07, 6.45) is 0.447. The van der Waals surface area contributed by atoms with Crippen LogP contribution in [-0.2, 0) is 14.4 Å². The fourth-order valence-corrected chi connectivity index (χ4v) is 2.76. The molecule has 18 heavy (non-hydrogen) atoms. The van der Waals surface area contributed by atoms with Gasteiger partial charge in [-0.3, -0.25) is 19.3 Å². The molecule has 1 atom stereocenters. The molecule has 0 aliphatic carbocycles. The summed E-state index contributed by atoms with van der Waals surface area (Å²) >= 11 is 1.49. The second-order valence-corrected chi connectivity index (χ2v) is 5.98. The van der Waals surface area contributed by atoms with Crippen LogP contribution in [0.25, 0.3) is 0 Å². The van der Waals surface area contributed by atoms with Crippen molar-refractivity contribution in [3.8, 4) is 0 Å². The largest absolute Gasteiger partial charge is 0.354 e. The molecule has 1 saturated heterocycles. The number of nitrogens with one attached hydrogen (secondary N) is 1. The van der Waals surface area contributed by atoms with Gasteiger partial charge >= 0.3 is 0 Å². The van der Waals surface area contributed by atoms with Crippen molar-refractivity contribution in [2.45, 2.75) is 44.9 Å². The van der Waals surface area contributed by atoms with Gasteiger partial charge in [0.2, 0.25) is 17.7 Å². The van der Waals surface area contributed by atoms with E-state index in [2.05, 4.69) is 5.32 Å². The maximum Gasteiger partial charge on any atom is 0.242 e. The highest BCUT2D eigenvalue weighted by atomic mass is 32.2. The zero-order chi connectivity index (χ0) is 13.7. The molecular weight excluding hydrogens is 252 g/mol. The standard InChI is InChI=1S/C12H20N2O3S/c1-4-18-9-7-11(16)14(12(9)17)6-5-10(15)13-8(2)3/h8-9H,4-7H2,1-3H3,(H,13,15). The number of carbonyl (C=O) groups excluding carboxylic acids is 3.